The molecule has 0 bridgehead atoms. The lowest BCUT2D eigenvalue weighted by Gasteiger charge is -2.37. The Morgan fingerprint density at radius 3 is 2.90 bits per heavy atom. The van der Waals surface area contributed by atoms with Crippen molar-refractivity contribution in [2.45, 2.75) is 38.6 Å². The highest BCUT2D eigenvalue weighted by Gasteiger charge is 2.33. The minimum Gasteiger partial charge on any atom is -0.368 e. The van der Waals surface area contributed by atoms with Crippen molar-refractivity contribution in [1.29, 1.82) is 0 Å². The number of nitrogen functional groups attached to an aromatic ring is 1. The van der Waals surface area contributed by atoms with Crippen LogP contribution >= 0.6 is 0 Å². The highest BCUT2D eigenvalue weighted by Crippen LogP contribution is 2.23. The van der Waals surface area contributed by atoms with E-state index in [1.54, 1.807) is 6.07 Å². The Labute approximate surface area is 125 Å². The summed E-state index contributed by atoms with van der Waals surface area (Å²) in [6.45, 7) is 7.79. The first-order chi connectivity index (χ1) is 10.0. The van der Waals surface area contributed by atoms with Gasteiger partial charge in [0.2, 0.25) is 5.95 Å². The molecule has 21 heavy (non-hydrogen) atoms. The molecule has 0 radical (unpaired) electrons. The summed E-state index contributed by atoms with van der Waals surface area (Å²) in [6, 6.07) is 2.30. The molecule has 0 unspecified atom stereocenters. The van der Waals surface area contributed by atoms with Crippen molar-refractivity contribution in [3.05, 3.63) is 17.5 Å². The van der Waals surface area contributed by atoms with Gasteiger partial charge in [0, 0.05) is 31.4 Å². The van der Waals surface area contributed by atoms with Crippen LogP contribution in [0, 0.1) is 0 Å². The van der Waals surface area contributed by atoms with E-state index in [-0.39, 0.29) is 17.8 Å². The van der Waals surface area contributed by atoms with E-state index in [2.05, 4.69) is 14.9 Å². The third-order valence-corrected chi connectivity index (χ3v) is 4.45. The fraction of sp³-hybridized carbons (Fsp3) is 0.667. The summed E-state index contributed by atoms with van der Waals surface area (Å²) in [5.41, 5.74) is 7.00. The Balaban J connectivity index is 1.78. The minimum atomic E-state index is -0.0162. The van der Waals surface area contributed by atoms with Crippen molar-refractivity contribution in [3.8, 4) is 0 Å². The van der Waals surface area contributed by atoms with E-state index in [1.807, 2.05) is 18.7 Å². The summed E-state index contributed by atoms with van der Waals surface area (Å²) in [5, 5.41) is 0. The molecule has 2 aliphatic rings. The largest absolute Gasteiger partial charge is 0.368 e. The zero-order valence-electron chi connectivity index (χ0n) is 12.7. The summed E-state index contributed by atoms with van der Waals surface area (Å²) in [4.78, 5) is 25.4. The maximum Gasteiger partial charge on any atom is 0.272 e. The first-order valence-electron chi connectivity index (χ1n) is 7.72. The van der Waals surface area contributed by atoms with Gasteiger partial charge in [-0.15, -0.1) is 0 Å². The Morgan fingerprint density at radius 1 is 1.33 bits per heavy atom. The van der Waals surface area contributed by atoms with Crippen LogP contribution < -0.4 is 5.73 Å². The third-order valence-electron chi connectivity index (χ3n) is 4.45. The molecule has 1 aromatic heterocycles. The van der Waals surface area contributed by atoms with Crippen molar-refractivity contribution in [3.63, 3.8) is 0 Å². The second-order valence-corrected chi connectivity index (χ2v) is 6.27. The average molecular weight is 289 g/mol. The molecule has 0 saturated carbocycles. The number of nitrogens with two attached hydrogens (primary N) is 1. The smallest absolute Gasteiger partial charge is 0.272 e. The molecule has 114 valence electrons. The molecule has 1 atom stereocenters. The van der Waals surface area contributed by atoms with Crippen LogP contribution in [0.5, 0.6) is 0 Å². The number of hydrogen-bond donors (Lipinski definition) is 1. The number of nitrogens with zero attached hydrogens (tertiary/aromatic N) is 4. The van der Waals surface area contributed by atoms with Gasteiger partial charge in [-0.3, -0.25) is 9.69 Å². The maximum absolute atomic E-state index is 12.7. The molecule has 2 fully saturated rings. The maximum atomic E-state index is 12.7. The molecule has 3 heterocycles. The van der Waals surface area contributed by atoms with E-state index in [1.165, 1.54) is 19.4 Å². The molecule has 0 aliphatic carbocycles. The molecular weight excluding hydrogens is 266 g/mol. The van der Waals surface area contributed by atoms with E-state index in [0.717, 1.165) is 25.3 Å². The van der Waals surface area contributed by atoms with Gasteiger partial charge in [-0.1, -0.05) is 13.8 Å². The predicted octanol–water partition coefficient (Wildman–Crippen LogP) is 1.10. The van der Waals surface area contributed by atoms with Crippen LogP contribution in [0.15, 0.2) is 6.07 Å². The van der Waals surface area contributed by atoms with Crippen molar-refractivity contribution in [1.82, 2.24) is 19.8 Å². The monoisotopic (exact) mass is 289 g/mol. The van der Waals surface area contributed by atoms with Crippen molar-refractivity contribution < 1.29 is 4.79 Å². The number of piperazine rings is 1. The fourth-order valence-electron chi connectivity index (χ4n) is 3.23. The lowest BCUT2D eigenvalue weighted by molar-refractivity contribution is 0.0565. The molecule has 0 spiro atoms. The van der Waals surface area contributed by atoms with E-state index in [0.29, 0.717) is 11.7 Å². The average Bonchev–Trinajstić information content (AvgIpc) is 2.93. The van der Waals surface area contributed by atoms with E-state index in [9.17, 15) is 4.79 Å². The normalized spacial score (nSPS) is 22.6. The molecule has 2 N–H and O–H groups in total. The fourth-order valence-corrected chi connectivity index (χ4v) is 3.23. The predicted molar refractivity (Wildman–Crippen MR) is 81.0 cm³/mol. The summed E-state index contributed by atoms with van der Waals surface area (Å²) in [5.74, 6) is 0.398. The van der Waals surface area contributed by atoms with E-state index in [4.69, 9.17) is 5.73 Å². The van der Waals surface area contributed by atoms with Gasteiger partial charge in [0.25, 0.3) is 5.91 Å². The van der Waals surface area contributed by atoms with Crippen LogP contribution in [-0.4, -0.2) is 57.9 Å². The number of carbonyl (C=O) groups excluding carboxylic acids is 1. The number of amides is 1. The van der Waals surface area contributed by atoms with Gasteiger partial charge in [-0.2, -0.15) is 0 Å². The minimum absolute atomic E-state index is 0.0162. The zero-order valence-corrected chi connectivity index (χ0v) is 12.7. The van der Waals surface area contributed by atoms with Crippen LogP contribution in [0.2, 0.25) is 0 Å². The Kier molecular flexibility index (Phi) is 3.80. The van der Waals surface area contributed by atoms with Crippen LogP contribution in [0.1, 0.15) is 48.8 Å². The summed E-state index contributed by atoms with van der Waals surface area (Å²) in [7, 11) is 0. The van der Waals surface area contributed by atoms with Gasteiger partial charge < -0.3 is 10.6 Å². The second-order valence-electron chi connectivity index (χ2n) is 6.27. The van der Waals surface area contributed by atoms with Gasteiger partial charge in [-0.25, -0.2) is 9.97 Å². The number of carbonyl (C=O) groups is 1. The van der Waals surface area contributed by atoms with E-state index < -0.39 is 0 Å². The molecule has 2 saturated heterocycles. The molecule has 3 rings (SSSR count). The molecule has 6 heteroatoms. The third kappa shape index (κ3) is 2.85. The highest BCUT2D eigenvalue weighted by atomic mass is 16.2. The van der Waals surface area contributed by atoms with E-state index >= 15 is 0 Å². The number of anilines is 1. The number of hydrogen-bond acceptors (Lipinski definition) is 5. The van der Waals surface area contributed by atoms with Gasteiger partial charge >= 0.3 is 0 Å². The van der Waals surface area contributed by atoms with Gasteiger partial charge in [0.15, 0.2) is 0 Å². The van der Waals surface area contributed by atoms with Crippen molar-refractivity contribution in [2.24, 2.45) is 0 Å². The second kappa shape index (κ2) is 5.60. The van der Waals surface area contributed by atoms with Crippen LogP contribution in [0.25, 0.3) is 0 Å². The summed E-state index contributed by atoms with van der Waals surface area (Å²) < 4.78 is 0. The Bertz CT molecular complexity index is 545. The SMILES string of the molecule is CC(C)c1cc(C(=O)N2CCN3CCC[C@H]3C2)nc(N)n1. The van der Waals surface area contributed by atoms with Gasteiger partial charge in [0.1, 0.15) is 5.69 Å². The first-order valence-corrected chi connectivity index (χ1v) is 7.72. The summed E-state index contributed by atoms with van der Waals surface area (Å²) >= 11 is 0. The number of aromatic nitrogens is 2. The topological polar surface area (TPSA) is 75.4 Å². The quantitative estimate of drug-likeness (QED) is 0.882. The molecule has 6 nitrogen and oxygen atoms in total. The number of fused-ring (bicyclic) bond motifs is 1. The molecule has 2 aliphatic heterocycles. The van der Waals surface area contributed by atoms with Crippen molar-refractivity contribution in [2.75, 3.05) is 31.9 Å². The number of rotatable bonds is 2. The van der Waals surface area contributed by atoms with Gasteiger partial charge in [0.05, 0.1) is 0 Å². The molecular formula is C15H23N5O. The van der Waals surface area contributed by atoms with Crippen LogP contribution in [0.4, 0.5) is 5.95 Å². The Morgan fingerprint density at radius 2 is 2.14 bits per heavy atom. The summed E-state index contributed by atoms with van der Waals surface area (Å²) in [6.07, 6.45) is 2.43. The lowest BCUT2D eigenvalue weighted by Crippen LogP contribution is -2.52. The Hall–Kier alpha value is -1.69. The molecule has 1 aromatic rings. The first kappa shape index (κ1) is 14.3. The van der Waals surface area contributed by atoms with Gasteiger partial charge in [-0.05, 0) is 31.4 Å². The standard InChI is InChI=1S/C15H23N5O/c1-10(2)12-8-13(18-15(16)17-12)14(21)20-7-6-19-5-3-4-11(19)9-20/h8,10-11H,3-7,9H2,1-2H3,(H2,16,17,18)/t11-/m0/s1. The van der Waals surface area contributed by atoms with Crippen LogP contribution in [0.3, 0.4) is 0 Å². The highest BCUT2D eigenvalue weighted by molar-refractivity contribution is 5.92. The van der Waals surface area contributed by atoms with Crippen LogP contribution in [-0.2, 0) is 0 Å². The molecule has 0 aromatic carbocycles. The molecule has 1 amide bonds. The zero-order chi connectivity index (χ0) is 15.0. The van der Waals surface area contributed by atoms with Crippen molar-refractivity contribution >= 4 is 11.9 Å². The lowest BCUT2D eigenvalue weighted by atomic mass is 10.1.